The van der Waals surface area contributed by atoms with Crippen LogP contribution in [0.2, 0.25) is 0 Å². The normalized spacial score (nSPS) is 23.6. The minimum Gasteiger partial charge on any atom is -0.391 e. The Morgan fingerprint density at radius 3 is 2.65 bits per heavy atom. The number of pyridine rings is 1. The van der Waals surface area contributed by atoms with Gasteiger partial charge in [-0.25, -0.2) is 4.98 Å². The highest BCUT2D eigenvalue weighted by Crippen LogP contribution is 2.28. The maximum Gasteiger partial charge on any atom is 0.275 e. The minimum atomic E-state index is -0.439. The van der Waals surface area contributed by atoms with Gasteiger partial charge in [0.1, 0.15) is 11.4 Å². The summed E-state index contributed by atoms with van der Waals surface area (Å²) >= 11 is 0. The first-order chi connectivity index (χ1) is 11.1. The topological polar surface area (TPSA) is 80.4 Å². The molecule has 23 heavy (non-hydrogen) atoms. The average molecular weight is 314 g/mol. The van der Waals surface area contributed by atoms with Crippen LogP contribution in [0.25, 0.3) is 5.69 Å². The standard InChI is InChI=1S/C16H18N4O3/c1-10-8-18(9-17-10)12-2-3-13-16(23)19(11-4-5-14(11)21)6-7-20(13)15(12)22/h2-3,8-9,11,14,21H,4-7H2,1H3/t11-,14+/m1/s1. The fraction of sp³-hybridized carbons (Fsp3) is 0.438. The van der Waals surface area contributed by atoms with Crippen LogP contribution < -0.4 is 5.56 Å². The lowest BCUT2D eigenvalue weighted by molar-refractivity contribution is -0.0186. The Kier molecular flexibility index (Phi) is 3.12. The largest absolute Gasteiger partial charge is 0.391 e. The van der Waals surface area contributed by atoms with Gasteiger partial charge in [-0.15, -0.1) is 0 Å². The molecule has 2 atom stereocenters. The van der Waals surface area contributed by atoms with E-state index in [9.17, 15) is 14.7 Å². The van der Waals surface area contributed by atoms with E-state index in [-0.39, 0.29) is 17.5 Å². The number of carbonyl (C=O) groups is 1. The van der Waals surface area contributed by atoms with E-state index in [4.69, 9.17) is 0 Å². The Morgan fingerprint density at radius 2 is 2.04 bits per heavy atom. The van der Waals surface area contributed by atoms with Gasteiger partial charge in [0.2, 0.25) is 0 Å². The van der Waals surface area contributed by atoms with Crippen molar-refractivity contribution in [1.82, 2.24) is 19.0 Å². The quantitative estimate of drug-likeness (QED) is 0.866. The second-order valence-electron chi connectivity index (χ2n) is 6.19. The van der Waals surface area contributed by atoms with Gasteiger partial charge < -0.3 is 19.1 Å². The van der Waals surface area contributed by atoms with Gasteiger partial charge in [-0.05, 0) is 31.9 Å². The summed E-state index contributed by atoms with van der Waals surface area (Å²) in [4.78, 5) is 31.2. The smallest absolute Gasteiger partial charge is 0.275 e. The number of fused-ring (bicyclic) bond motifs is 1. The van der Waals surface area contributed by atoms with Gasteiger partial charge in [-0.2, -0.15) is 0 Å². The summed E-state index contributed by atoms with van der Waals surface area (Å²) in [5.41, 5.74) is 1.51. The molecule has 7 nitrogen and oxygen atoms in total. The van der Waals surface area contributed by atoms with Crippen LogP contribution in [0.5, 0.6) is 0 Å². The van der Waals surface area contributed by atoms with E-state index in [0.29, 0.717) is 24.5 Å². The lowest BCUT2D eigenvalue weighted by atomic mass is 9.87. The molecule has 0 spiro atoms. The van der Waals surface area contributed by atoms with Crippen molar-refractivity contribution in [1.29, 1.82) is 0 Å². The number of hydrogen-bond donors (Lipinski definition) is 1. The molecule has 120 valence electrons. The number of amides is 1. The fourth-order valence-electron chi connectivity index (χ4n) is 3.33. The first-order valence-electron chi connectivity index (χ1n) is 7.80. The Morgan fingerprint density at radius 1 is 1.22 bits per heavy atom. The van der Waals surface area contributed by atoms with E-state index < -0.39 is 6.10 Å². The lowest BCUT2D eigenvalue weighted by Crippen LogP contribution is -2.57. The van der Waals surface area contributed by atoms with Crippen molar-refractivity contribution in [3.8, 4) is 5.69 Å². The maximum absolute atomic E-state index is 12.7. The van der Waals surface area contributed by atoms with E-state index in [2.05, 4.69) is 4.98 Å². The molecule has 1 saturated carbocycles. The van der Waals surface area contributed by atoms with Crippen LogP contribution in [-0.4, -0.2) is 48.7 Å². The second kappa shape index (κ2) is 5.06. The molecule has 1 fully saturated rings. The third-order valence-corrected chi connectivity index (χ3v) is 4.79. The number of aryl methyl sites for hydroxylation is 1. The SMILES string of the molecule is Cc1cn(-c2ccc3n(c2=O)CCN([C@@H]2CC[C@@H]2O)C3=O)cn1. The summed E-state index contributed by atoms with van der Waals surface area (Å²) in [6, 6.07) is 3.24. The Bertz CT molecular complexity index is 838. The van der Waals surface area contributed by atoms with Crippen molar-refractivity contribution in [3.63, 3.8) is 0 Å². The molecule has 2 aromatic rings. The third-order valence-electron chi connectivity index (χ3n) is 4.79. The first-order valence-corrected chi connectivity index (χ1v) is 7.80. The van der Waals surface area contributed by atoms with Crippen LogP contribution in [0.15, 0.2) is 29.5 Å². The monoisotopic (exact) mass is 314 g/mol. The maximum atomic E-state index is 12.7. The molecule has 1 aliphatic heterocycles. The number of imidazole rings is 1. The van der Waals surface area contributed by atoms with Crippen molar-refractivity contribution in [2.75, 3.05) is 6.54 Å². The molecule has 3 heterocycles. The van der Waals surface area contributed by atoms with Crippen LogP contribution in [0.1, 0.15) is 29.0 Å². The van der Waals surface area contributed by atoms with Gasteiger partial charge in [0.05, 0.1) is 24.2 Å². The highest BCUT2D eigenvalue weighted by atomic mass is 16.3. The number of carbonyl (C=O) groups excluding carboxylic acids is 1. The van der Waals surface area contributed by atoms with Crippen molar-refractivity contribution < 1.29 is 9.90 Å². The first kappa shape index (κ1) is 14.2. The van der Waals surface area contributed by atoms with E-state index in [0.717, 1.165) is 18.5 Å². The highest BCUT2D eigenvalue weighted by molar-refractivity contribution is 5.93. The third kappa shape index (κ3) is 2.11. The zero-order chi connectivity index (χ0) is 16.1. The average Bonchev–Trinajstić information content (AvgIpc) is 2.95. The summed E-state index contributed by atoms with van der Waals surface area (Å²) in [6.45, 7) is 2.77. The zero-order valence-corrected chi connectivity index (χ0v) is 12.8. The molecule has 2 aromatic heterocycles. The molecule has 0 bridgehead atoms. The zero-order valence-electron chi connectivity index (χ0n) is 12.8. The molecule has 0 unspecified atom stereocenters. The van der Waals surface area contributed by atoms with Gasteiger partial charge in [0, 0.05) is 19.3 Å². The molecule has 2 aliphatic rings. The molecular formula is C16H18N4O3. The van der Waals surface area contributed by atoms with Crippen LogP contribution >= 0.6 is 0 Å². The molecule has 0 aromatic carbocycles. The van der Waals surface area contributed by atoms with Crippen LogP contribution in [0.3, 0.4) is 0 Å². The lowest BCUT2D eigenvalue weighted by Gasteiger charge is -2.43. The Hall–Kier alpha value is -2.41. The Balaban J connectivity index is 1.72. The Labute approximate surface area is 132 Å². The summed E-state index contributed by atoms with van der Waals surface area (Å²) in [7, 11) is 0. The van der Waals surface area contributed by atoms with Crippen molar-refractivity contribution in [3.05, 3.63) is 46.4 Å². The second-order valence-corrected chi connectivity index (χ2v) is 6.19. The molecular weight excluding hydrogens is 296 g/mol. The van der Waals surface area contributed by atoms with Gasteiger partial charge in [0.15, 0.2) is 0 Å². The van der Waals surface area contributed by atoms with Gasteiger partial charge >= 0.3 is 0 Å². The number of aromatic nitrogens is 3. The molecule has 1 N–H and O–H groups in total. The van der Waals surface area contributed by atoms with Crippen molar-refractivity contribution >= 4 is 5.91 Å². The molecule has 0 saturated heterocycles. The number of aliphatic hydroxyl groups excluding tert-OH is 1. The number of nitrogens with zero attached hydrogens (tertiary/aromatic N) is 4. The van der Waals surface area contributed by atoms with Gasteiger partial charge in [-0.3, -0.25) is 9.59 Å². The van der Waals surface area contributed by atoms with Crippen molar-refractivity contribution in [2.45, 2.75) is 38.5 Å². The highest BCUT2D eigenvalue weighted by Gasteiger charge is 2.39. The number of aliphatic hydroxyl groups is 1. The van der Waals surface area contributed by atoms with Crippen LogP contribution in [0.4, 0.5) is 0 Å². The predicted molar refractivity (Wildman–Crippen MR) is 82.6 cm³/mol. The molecule has 1 aliphatic carbocycles. The van der Waals surface area contributed by atoms with Crippen LogP contribution in [0, 0.1) is 6.92 Å². The fourth-order valence-corrected chi connectivity index (χ4v) is 3.33. The van der Waals surface area contributed by atoms with E-state index in [1.54, 1.807) is 34.1 Å². The van der Waals surface area contributed by atoms with E-state index in [1.807, 2.05) is 6.92 Å². The summed E-state index contributed by atoms with van der Waals surface area (Å²) < 4.78 is 3.20. The number of rotatable bonds is 2. The van der Waals surface area contributed by atoms with E-state index in [1.165, 1.54) is 4.57 Å². The van der Waals surface area contributed by atoms with Crippen molar-refractivity contribution in [2.24, 2.45) is 0 Å². The summed E-state index contributed by atoms with van der Waals surface area (Å²) in [6.07, 6.45) is 4.50. The molecule has 1 amide bonds. The summed E-state index contributed by atoms with van der Waals surface area (Å²) in [5.74, 6) is -0.175. The van der Waals surface area contributed by atoms with Crippen LogP contribution in [-0.2, 0) is 6.54 Å². The van der Waals surface area contributed by atoms with E-state index >= 15 is 0 Å². The minimum absolute atomic E-state index is 0.109. The molecule has 4 rings (SSSR count). The molecule has 7 heteroatoms. The van der Waals surface area contributed by atoms with Gasteiger partial charge in [0.25, 0.3) is 11.5 Å². The van der Waals surface area contributed by atoms with Gasteiger partial charge in [-0.1, -0.05) is 0 Å². The molecule has 0 radical (unpaired) electrons. The predicted octanol–water partition coefficient (Wildman–Crippen LogP) is 0.322. The summed E-state index contributed by atoms with van der Waals surface area (Å²) in [5, 5.41) is 9.80. The number of hydrogen-bond acceptors (Lipinski definition) is 4.